The number of likely N-dealkylation sites (tertiary alicyclic amines) is 1. The van der Waals surface area contributed by atoms with E-state index in [1.807, 2.05) is 0 Å². The second kappa shape index (κ2) is 7.34. The average molecular weight is 239 g/mol. The highest BCUT2D eigenvalue weighted by atomic mass is 15.1. The van der Waals surface area contributed by atoms with Gasteiger partial charge in [0, 0.05) is 18.6 Å². The first-order valence-corrected chi connectivity index (χ1v) is 7.54. The Bertz CT molecular complexity index is 196. The first-order valence-electron chi connectivity index (χ1n) is 7.54. The smallest absolute Gasteiger partial charge is 0.0195 e. The van der Waals surface area contributed by atoms with Crippen LogP contribution in [0, 0.1) is 0 Å². The van der Waals surface area contributed by atoms with Crippen LogP contribution in [-0.2, 0) is 0 Å². The molecule has 0 bridgehead atoms. The van der Waals surface area contributed by atoms with Crippen molar-refractivity contribution in [2.45, 2.75) is 57.5 Å². The van der Waals surface area contributed by atoms with Crippen LogP contribution < -0.4 is 10.6 Å². The SMILES string of the molecule is CC(CCN1CCCCC1)NC1CCCNC1. The Hall–Kier alpha value is -0.120. The zero-order valence-corrected chi connectivity index (χ0v) is 11.4. The summed E-state index contributed by atoms with van der Waals surface area (Å²) in [5.74, 6) is 0. The molecule has 0 aromatic rings. The maximum Gasteiger partial charge on any atom is 0.0195 e. The van der Waals surface area contributed by atoms with Gasteiger partial charge in [-0.15, -0.1) is 0 Å². The zero-order valence-electron chi connectivity index (χ0n) is 11.4. The summed E-state index contributed by atoms with van der Waals surface area (Å²) in [6.07, 6.45) is 8.24. The van der Waals surface area contributed by atoms with E-state index in [1.54, 1.807) is 0 Å². The molecule has 2 unspecified atom stereocenters. The largest absolute Gasteiger partial charge is 0.315 e. The van der Waals surface area contributed by atoms with Crippen LogP contribution in [0.1, 0.15) is 45.4 Å². The van der Waals surface area contributed by atoms with Crippen molar-refractivity contribution in [3.8, 4) is 0 Å². The third-order valence-electron chi connectivity index (χ3n) is 4.14. The molecular formula is C14H29N3. The lowest BCUT2D eigenvalue weighted by Gasteiger charge is -2.30. The fourth-order valence-corrected chi connectivity index (χ4v) is 3.04. The van der Waals surface area contributed by atoms with Gasteiger partial charge in [0.05, 0.1) is 0 Å². The molecule has 2 saturated heterocycles. The highest BCUT2D eigenvalue weighted by molar-refractivity contribution is 4.78. The van der Waals surface area contributed by atoms with Crippen molar-refractivity contribution in [2.75, 3.05) is 32.7 Å². The second-order valence-corrected chi connectivity index (χ2v) is 5.80. The van der Waals surface area contributed by atoms with Crippen LogP contribution in [0.25, 0.3) is 0 Å². The molecule has 3 nitrogen and oxygen atoms in total. The van der Waals surface area contributed by atoms with Gasteiger partial charge in [0.25, 0.3) is 0 Å². The van der Waals surface area contributed by atoms with E-state index in [0.29, 0.717) is 12.1 Å². The summed E-state index contributed by atoms with van der Waals surface area (Å²) in [5.41, 5.74) is 0. The monoisotopic (exact) mass is 239 g/mol. The van der Waals surface area contributed by atoms with Crippen LogP contribution in [0.15, 0.2) is 0 Å². The van der Waals surface area contributed by atoms with E-state index in [4.69, 9.17) is 0 Å². The van der Waals surface area contributed by atoms with Crippen LogP contribution in [0.3, 0.4) is 0 Å². The quantitative estimate of drug-likeness (QED) is 0.763. The standard InChI is InChI=1S/C14H29N3/c1-13(16-14-6-5-8-15-12-14)7-11-17-9-3-2-4-10-17/h13-16H,2-12H2,1H3. The summed E-state index contributed by atoms with van der Waals surface area (Å²) >= 11 is 0. The van der Waals surface area contributed by atoms with Gasteiger partial charge in [0.15, 0.2) is 0 Å². The van der Waals surface area contributed by atoms with Crippen LogP contribution >= 0.6 is 0 Å². The normalized spacial score (nSPS) is 29.1. The number of hydrogen-bond acceptors (Lipinski definition) is 3. The lowest BCUT2D eigenvalue weighted by atomic mass is 10.1. The summed E-state index contributed by atoms with van der Waals surface area (Å²) in [7, 11) is 0. The van der Waals surface area contributed by atoms with Crippen LogP contribution in [0.4, 0.5) is 0 Å². The van der Waals surface area contributed by atoms with E-state index in [9.17, 15) is 0 Å². The minimum atomic E-state index is 0.668. The molecule has 100 valence electrons. The molecule has 0 aromatic heterocycles. The van der Waals surface area contributed by atoms with Crippen LogP contribution in [-0.4, -0.2) is 49.7 Å². The molecule has 2 aliphatic heterocycles. The average Bonchev–Trinajstić information content (AvgIpc) is 2.39. The summed E-state index contributed by atoms with van der Waals surface area (Å²) in [5, 5.41) is 7.24. The van der Waals surface area contributed by atoms with E-state index in [2.05, 4.69) is 22.5 Å². The molecule has 0 spiro atoms. The zero-order chi connectivity index (χ0) is 11.9. The van der Waals surface area contributed by atoms with Crippen molar-refractivity contribution in [3.63, 3.8) is 0 Å². The molecular weight excluding hydrogens is 210 g/mol. The predicted molar refractivity (Wildman–Crippen MR) is 73.4 cm³/mol. The Morgan fingerprint density at radius 3 is 2.76 bits per heavy atom. The van der Waals surface area contributed by atoms with Crippen molar-refractivity contribution in [2.24, 2.45) is 0 Å². The molecule has 0 saturated carbocycles. The number of nitrogens with zero attached hydrogens (tertiary/aromatic N) is 1. The molecule has 0 amide bonds. The third-order valence-corrected chi connectivity index (χ3v) is 4.14. The van der Waals surface area contributed by atoms with Gasteiger partial charge in [-0.25, -0.2) is 0 Å². The fourth-order valence-electron chi connectivity index (χ4n) is 3.04. The molecule has 0 aliphatic carbocycles. The van der Waals surface area contributed by atoms with Gasteiger partial charge in [0.2, 0.25) is 0 Å². The Morgan fingerprint density at radius 2 is 2.06 bits per heavy atom. The maximum atomic E-state index is 3.77. The highest BCUT2D eigenvalue weighted by Crippen LogP contribution is 2.10. The minimum absolute atomic E-state index is 0.668. The van der Waals surface area contributed by atoms with E-state index >= 15 is 0 Å². The molecule has 2 fully saturated rings. The van der Waals surface area contributed by atoms with E-state index in [0.717, 1.165) is 6.54 Å². The van der Waals surface area contributed by atoms with Crippen molar-refractivity contribution in [1.82, 2.24) is 15.5 Å². The van der Waals surface area contributed by atoms with E-state index in [1.165, 1.54) is 64.7 Å². The number of nitrogens with one attached hydrogen (secondary N) is 2. The van der Waals surface area contributed by atoms with Gasteiger partial charge < -0.3 is 15.5 Å². The summed E-state index contributed by atoms with van der Waals surface area (Å²) in [6.45, 7) is 8.66. The molecule has 2 atom stereocenters. The summed E-state index contributed by atoms with van der Waals surface area (Å²) < 4.78 is 0. The molecule has 2 heterocycles. The lowest BCUT2D eigenvalue weighted by Crippen LogP contribution is -2.47. The van der Waals surface area contributed by atoms with Gasteiger partial charge in [-0.2, -0.15) is 0 Å². The topological polar surface area (TPSA) is 27.3 Å². The van der Waals surface area contributed by atoms with Crippen molar-refractivity contribution in [3.05, 3.63) is 0 Å². The van der Waals surface area contributed by atoms with Crippen molar-refractivity contribution < 1.29 is 0 Å². The van der Waals surface area contributed by atoms with Crippen molar-refractivity contribution in [1.29, 1.82) is 0 Å². The van der Waals surface area contributed by atoms with E-state index in [-0.39, 0.29) is 0 Å². The van der Waals surface area contributed by atoms with Gasteiger partial charge in [-0.3, -0.25) is 0 Å². The first kappa shape index (κ1) is 13.3. The molecule has 2 rings (SSSR count). The Morgan fingerprint density at radius 1 is 1.24 bits per heavy atom. The van der Waals surface area contributed by atoms with E-state index < -0.39 is 0 Å². The Balaban J connectivity index is 1.57. The minimum Gasteiger partial charge on any atom is -0.315 e. The van der Waals surface area contributed by atoms with Gasteiger partial charge in [0.1, 0.15) is 0 Å². The highest BCUT2D eigenvalue weighted by Gasteiger charge is 2.16. The fraction of sp³-hybridized carbons (Fsp3) is 1.00. The molecule has 17 heavy (non-hydrogen) atoms. The molecule has 3 heteroatoms. The lowest BCUT2D eigenvalue weighted by molar-refractivity contribution is 0.214. The van der Waals surface area contributed by atoms with Crippen LogP contribution in [0.5, 0.6) is 0 Å². The summed E-state index contributed by atoms with van der Waals surface area (Å²) in [6, 6.07) is 1.38. The van der Waals surface area contributed by atoms with Crippen LogP contribution in [0.2, 0.25) is 0 Å². The predicted octanol–water partition coefficient (Wildman–Crippen LogP) is 1.59. The van der Waals surface area contributed by atoms with Gasteiger partial charge >= 0.3 is 0 Å². The molecule has 0 aromatic carbocycles. The second-order valence-electron chi connectivity index (χ2n) is 5.80. The molecule has 0 radical (unpaired) electrons. The maximum absolute atomic E-state index is 3.77. The number of hydrogen-bond donors (Lipinski definition) is 2. The molecule has 2 aliphatic rings. The number of piperidine rings is 2. The first-order chi connectivity index (χ1) is 8.34. The molecule has 2 N–H and O–H groups in total. The Labute approximate surface area is 106 Å². The van der Waals surface area contributed by atoms with Gasteiger partial charge in [-0.1, -0.05) is 6.42 Å². The Kier molecular flexibility index (Phi) is 5.75. The number of rotatable bonds is 5. The third kappa shape index (κ3) is 4.94. The van der Waals surface area contributed by atoms with Gasteiger partial charge in [-0.05, 0) is 65.2 Å². The van der Waals surface area contributed by atoms with Crippen molar-refractivity contribution >= 4 is 0 Å². The summed E-state index contributed by atoms with van der Waals surface area (Å²) in [4.78, 5) is 2.64.